The van der Waals surface area contributed by atoms with Crippen LogP contribution in [0.25, 0.3) is 9.75 Å². The Morgan fingerprint density at radius 1 is 0.960 bits per heavy atom. The Bertz CT molecular complexity index is 758. The van der Waals surface area contributed by atoms with Crippen LogP contribution in [0.4, 0.5) is 0 Å². The Morgan fingerprint density at radius 2 is 1.40 bits per heavy atom. The van der Waals surface area contributed by atoms with Crippen molar-refractivity contribution in [1.82, 2.24) is 0 Å². The van der Waals surface area contributed by atoms with Crippen LogP contribution in [0.1, 0.15) is 68.8 Å². The minimum atomic E-state index is -0.746. The van der Waals surface area contributed by atoms with Crippen LogP contribution < -0.4 is 5.73 Å². The Balaban J connectivity index is 2.49. The third kappa shape index (κ3) is 4.72. The molecule has 2 aromatic heterocycles. The van der Waals surface area contributed by atoms with E-state index in [4.69, 9.17) is 10.8 Å². The molecule has 2 rings (SSSR count). The van der Waals surface area contributed by atoms with Crippen LogP contribution in [-0.2, 0) is 28.6 Å². The molecule has 2 aromatic rings. The molecule has 5 heteroatoms. The topological polar surface area (TPSA) is 63.3 Å². The molecule has 0 spiro atoms. The number of aliphatic carboxylic acids is 1. The molecule has 0 saturated carbocycles. The average Bonchev–Trinajstić information content (AvgIpc) is 3.07. The Morgan fingerprint density at radius 3 is 1.76 bits per heavy atom. The summed E-state index contributed by atoms with van der Waals surface area (Å²) in [4.78, 5) is 16.1. The molecule has 0 aliphatic heterocycles. The fourth-order valence-electron chi connectivity index (χ4n) is 2.95. The summed E-state index contributed by atoms with van der Waals surface area (Å²) in [5.74, 6) is -0.746. The van der Waals surface area contributed by atoms with Gasteiger partial charge in [0.15, 0.2) is 0 Å². The maximum Gasteiger partial charge on any atom is 0.303 e. The first-order chi connectivity index (χ1) is 11.4. The average molecular weight is 380 g/mol. The summed E-state index contributed by atoms with van der Waals surface area (Å²) in [6, 6.07) is 4.40. The Hall–Kier alpha value is -1.17. The predicted octanol–water partition coefficient (Wildman–Crippen LogP) is 5.55. The van der Waals surface area contributed by atoms with Gasteiger partial charge in [0.1, 0.15) is 0 Å². The zero-order valence-corrected chi connectivity index (χ0v) is 17.7. The van der Waals surface area contributed by atoms with Crippen molar-refractivity contribution in [3.63, 3.8) is 0 Å². The number of carboxylic acid groups (broad SMARTS) is 1. The SMILES string of the molecule is CC(C)(C)c1sc(-c2cc(CCC(=O)O)c(C(C)(C)C)s2)cc1CN. The van der Waals surface area contributed by atoms with E-state index >= 15 is 0 Å². The second-order valence-corrected chi connectivity index (χ2v) is 10.6. The first-order valence-corrected chi connectivity index (χ1v) is 10.3. The summed E-state index contributed by atoms with van der Waals surface area (Å²) in [5, 5.41) is 9.05. The largest absolute Gasteiger partial charge is 0.481 e. The molecule has 0 saturated heterocycles. The molecule has 0 aliphatic rings. The van der Waals surface area contributed by atoms with Crippen molar-refractivity contribution >= 4 is 28.6 Å². The number of hydrogen-bond donors (Lipinski definition) is 2. The molecule has 138 valence electrons. The number of nitrogens with two attached hydrogens (primary N) is 1. The van der Waals surface area contributed by atoms with Crippen LogP contribution in [0.15, 0.2) is 12.1 Å². The third-order valence-electron chi connectivity index (χ3n) is 4.05. The van der Waals surface area contributed by atoms with Gasteiger partial charge in [0.25, 0.3) is 0 Å². The van der Waals surface area contributed by atoms with E-state index in [1.54, 1.807) is 11.3 Å². The van der Waals surface area contributed by atoms with Gasteiger partial charge in [-0.2, -0.15) is 0 Å². The Labute approximate surface area is 158 Å². The van der Waals surface area contributed by atoms with Crippen LogP contribution in [-0.4, -0.2) is 11.1 Å². The van der Waals surface area contributed by atoms with Crippen LogP contribution in [0.2, 0.25) is 0 Å². The summed E-state index contributed by atoms with van der Waals surface area (Å²) >= 11 is 3.61. The minimum absolute atomic E-state index is 0.0115. The number of carboxylic acids is 1. The lowest BCUT2D eigenvalue weighted by Crippen LogP contribution is -2.12. The second kappa shape index (κ2) is 7.22. The highest BCUT2D eigenvalue weighted by Crippen LogP contribution is 2.44. The molecular weight excluding hydrogens is 350 g/mol. The smallest absolute Gasteiger partial charge is 0.303 e. The quantitative estimate of drug-likeness (QED) is 0.716. The standard InChI is InChI=1S/C20H29NO2S2/c1-19(2,3)17-12(7-8-16(22)23)9-14(24-17)15-10-13(11-21)18(25-15)20(4,5)6/h9-10H,7-8,11,21H2,1-6H3,(H,22,23). The molecule has 0 fully saturated rings. The van der Waals surface area contributed by atoms with Crippen molar-refractivity contribution in [3.05, 3.63) is 33.0 Å². The van der Waals surface area contributed by atoms with E-state index in [9.17, 15) is 4.79 Å². The predicted molar refractivity (Wildman–Crippen MR) is 109 cm³/mol. The second-order valence-electron chi connectivity index (χ2n) is 8.53. The highest BCUT2D eigenvalue weighted by Gasteiger charge is 2.25. The van der Waals surface area contributed by atoms with Gasteiger partial charge < -0.3 is 10.8 Å². The number of hydrogen-bond acceptors (Lipinski definition) is 4. The molecular formula is C20H29NO2S2. The summed E-state index contributed by atoms with van der Waals surface area (Å²) in [6.45, 7) is 13.8. The summed E-state index contributed by atoms with van der Waals surface area (Å²) in [5.41, 5.74) is 8.43. The van der Waals surface area contributed by atoms with Crippen LogP contribution in [0, 0.1) is 0 Å². The van der Waals surface area contributed by atoms with Gasteiger partial charge in [-0.15, -0.1) is 22.7 Å². The lowest BCUT2D eigenvalue weighted by Gasteiger charge is -2.18. The zero-order chi connectivity index (χ0) is 19.0. The molecule has 3 nitrogen and oxygen atoms in total. The molecule has 25 heavy (non-hydrogen) atoms. The van der Waals surface area contributed by atoms with Crippen molar-refractivity contribution < 1.29 is 9.90 Å². The lowest BCUT2D eigenvalue weighted by atomic mass is 9.90. The van der Waals surface area contributed by atoms with Crippen molar-refractivity contribution in [1.29, 1.82) is 0 Å². The zero-order valence-electron chi connectivity index (χ0n) is 16.0. The number of rotatable bonds is 5. The van der Waals surface area contributed by atoms with Gasteiger partial charge in [0.05, 0.1) is 0 Å². The van der Waals surface area contributed by atoms with Gasteiger partial charge in [-0.05, 0) is 40.5 Å². The van der Waals surface area contributed by atoms with E-state index in [2.05, 4.69) is 53.7 Å². The maximum absolute atomic E-state index is 11.0. The van der Waals surface area contributed by atoms with Gasteiger partial charge in [-0.3, -0.25) is 4.79 Å². The van der Waals surface area contributed by atoms with Crippen LogP contribution >= 0.6 is 22.7 Å². The van der Waals surface area contributed by atoms with Gasteiger partial charge in [-0.1, -0.05) is 41.5 Å². The van der Waals surface area contributed by atoms with Crippen molar-refractivity contribution in [2.75, 3.05) is 0 Å². The molecule has 0 aliphatic carbocycles. The fraction of sp³-hybridized carbons (Fsp3) is 0.550. The molecule has 0 aromatic carbocycles. The first kappa shape index (κ1) is 20.1. The summed E-state index contributed by atoms with van der Waals surface area (Å²) < 4.78 is 0. The van der Waals surface area contributed by atoms with Crippen molar-refractivity contribution in [3.8, 4) is 9.75 Å². The van der Waals surface area contributed by atoms with Crippen LogP contribution in [0.3, 0.4) is 0 Å². The Kier molecular flexibility index (Phi) is 5.81. The monoisotopic (exact) mass is 379 g/mol. The van der Waals surface area contributed by atoms with E-state index in [1.807, 2.05) is 11.3 Å². The lowest BCUT2D eigenvalue weighted by molar-refractivity contribution is -0.136. The maximum atomic E-state index is 11.0. The van der Waals surface area contributed by atoms with Crippen LogP contribution in [0.5, 0.6) is 0 Å². The molecule has 0 bridgehead atoms. The molecule has 0 radical (unpaired) electrons. The molecule has 0 unspecified atom stereocenters. The van der Waals surface area contributed by atoms with E-state index in [-0.39, 0.29) is 17.3 Å². The molecule has 0 amide bonds. The van der Waals surface area contributed by atoms with E-state index in [1.165, 1.54) is 25.1 Å². The molecule has 0 atom stereocenters. The van der Waals surface area contributed by atoms with E-state index in [0.717, 1.165) is 5.56 Å². The summed E-state index contributed by atoms with van der Waals surface area (Å²) in [7, 11) is 0. The minimum Gasteiger partial charge on any atom is -0.481 e. The molecule has 2 heterocycles. The van der Waals surface area contributed by atoms with Gasteiger partial charge >= 0.3 is 5.97 Å². The normalized spacial score (nSPS) is 12.6. The van der Waals surface area contributed by atoms with Gasteiger partial charge in [-0.25, -0.2) is 0 Å². The highest BCUT2D eigenvalue weighted by molar-refractivity contribution is 7.22. The highest BCUT2D eigenvalue weighted by atomic mass is 32.1. The van der Waals surface area contributed by atoms with E-state index < -0.39 is 5.97 Å². The number of thiophene rings is 2. The van der Waals surface area contributed by atoms with Crippen molar-refractivity contribution in [2.24, 2.45) is 5.73 Å². The van der Waals surface area contributed by atoms with Gasteiger partial charge in [0, 0.05) is 32.5 Å². The van der Waals surface area contributed by atoms with Crippen molar-refractivity contribution in [2.45, 2.75) is 71.8 Å². The first-order valence-electron chi connectivity index (χ1n) is 8.62. The third-order valence-corrected chi connectivity index (χ3v) is 7.45. The summed E-state index contributed by atoms with van der Waals surface area (Å²) in [6.07, 6.45) is 0.755. The van der Waals surface area contributed by atoms with E-state index in [0.29, 0.717) is 13.0 Å². The molecule has 3 N–H and O–H groups in total. The van der Waals surface area contributed by atoms with Gasteiger partial charge in [0.2, 0.25) is 0 Å². The number of carbonyl (C=O) groups is 1. The number of aryl methyl sites for hydroxylation is 1. The fourth-order valence-corrected chi connectivity index (χ4v) is 5.54.